The predicted octanol–water partition coefficient (Wildman–Crippen LogP) is 4.12. The van der Waals surface area contributed by atoms with E-state index < -0.39 is 0 Å². The van der Waals surface area contributed by atoms with E-state index >= 15 is 0 Å². The van der Waals surface area contributed by atoms with Gasteiger partial charge in [0.1, 0.15) is 5.75 Å². The molecule has 1 aliphatic rings. The molecule has 4 rings (SSSR count). The summed E-state index contributed by atoms with van der Waals surface area (Å²) in [6.07, 6.45) is 5.25. The molecule has 12 heteroatoms. The van der Waals surface area contributed by atoms with Crippen molar-refractivity contribution in [2.75, 3.05) is 69.1 Å². The fraction of sp³-hybridized carbons (Fsp3) is 0.515. The second kappa shape index (κ2) is 18.7. The Morgan fingerprint density at radius 3 is 2.16 bits per heavy atom. The summed E-state index contributed by atoms with van der Waals surface area (Å²) in [6.45, 7) is 6.58. The lowest BCUT2D eigenvalue weighted by Gasteiger charge is -2.26. The smallest absolute Gasteiger partial charge is 0.233 e. The van der Waals surface area contributed by atoms with Gasteiger partial charge in [0.25, 0.3) is 0 Å². The zero-order valence-electron chi connectivity index (χ0n) is 26.5. The van der Waals surface area contributed by atoms with E-state index in [1.54, 1.807) is 7.11 Å². The largest absolute Gasteiger partial charge is 0.497 e. The molecule has 0 saturated heterocycles. The molecule has 0 radical (unpaired) electrons. The van der Waals surface area contributed by atoms with Crippen LogP contribution in [0.2, 0.25) is 0 Å². The molecule has 1 heterocycles. The van der Waals surface area contributed by atoms with Gasteiger partial charge in [-0.3, -0.25) is 4.79 Å². The Morgan fingerprint density at radius 1 is 0.822 bits per heavy atom. The van der Waals surface area contributed by atoms with Gasteiger partial charge in [-0.25, -0.2) is 0 Å². The number of nitrogens with two attached hydrogens (primary N) is 1. The molecule has 0 aliphatic heterocycles. The minimum atomic E-state index is -0.0631. The van der Waals surface area contributed by atoms with Crippen molar-refractivity contribution >= 4 is 29.4 Å². The maximum absolute atomic E-state index is 12.4. The van der Waals surface area contributed by atoms with Crippen molar-refractivity contribution in [3.05, 3.63) is 59.7 Å². The Kier molecular flexibility index (Phi) is 14.1. The van der Waals surface area contributed by atoms with E-state index in [1.807, 2.05) is 48.5 Å². The Labute approximate surface area is 266 Å². The Hall–Kier alpha value is -4.00. The standard InChI is InChI=1S/C33H48N8O4/c1-24-3-5-26(6-4-24)22-36-31-39-32(37-23-27-9-13-29(43-2)14-10-27)41-33(40-31)38-28-11-7-25(8-12-28)21-30(42)35-16-18-45-20-19-44-17-15-34/h7-14,24,26H,3-6,15-23,34H2,1-2H3,(H,35,42)(H3,36,37,38,39,40,41). The summed E-state index contributed by atoms with van der Waals surface area (Å²) in [5.41, 5.74) is 8.17. The second-order valence-corrected chi connectivity index (χ2v) is 11.4. The minimum Gasteiger partial charge on any atom is -0.497 e. The number of ether oxygens (including phenoxy) is 3. The molecule has 1 aromatic heterocycles. The number of rotatable bonds is 19. The van der Waals surface area contributed by atoms with Crippen LogP contribution in [0.3, 0.4) is 0 Å². The fourth-order valence-corrected chi connectivity index (χ4v) is 5.03. The van der Waals surface area contributed by atoms with Crippen LogP contribution in [0.4, 0.5) is 23.5 Å². The number of hydrogen-bond acceptors (Lipinski definition) is 11. The average molecular weight is 621 g/mol. The van der Waals surface area contributed by atoms with Gasteiger partial charge in [-0.15, -0.1) is 0 Å². The lowest BCUT2D eigenvalue weighted by Crippen LogP contribution is -2.29. The van der Waals surface area contributed by atoms with Gasteiger partial charge in [0, 0.05) is 31.9 Å². The molecule has 0 unspecified atom stereocenters. The molecule has 12 nitrogen and oxygen atoms in total. The topological polar surface area (TPSA) is 158 Å². The van der Waals surface area contributed by atoms with Gasteiger partial charge < -0.3 is 41.2 Å². The van der Waals surface area contributed by atoms with E-state index in [0.29, 0.717) is 69.8 Å². The number of hydrogen-bond donors (Lipinski definition) is 5. The van der Waals surface area contributed by atoms with Gasteiger partial charge in [0.05, 0.1) is 40.0 Å². The zero-order valence-corrected chi connectivity index (χ0v) is 26.5. The molecule has 45 heavy (non-hydrogen) atoms. The lowest BCUT2D eigenvalue weighted by atomic mass is 9.83. The number of carbonyl (C=O) groups is 1. The first-order valence-corrected chi connectivity index (χ1v) is 15.9. The number of nitrogens with zero attached hydrogens (tertiary/aromatic N) is 3. The fourth-order valence-electron chi connectivity index (χ4n) is 5.03. The molecule has 244 valence electrons. The minimum absolute atomic E-state index is 0.0631. The van der Waals surface area contributed by atoms with E-state index in [0.717, 1.165) is 35.0 Å². The van der Waals surface area contributed by atoms with Crippen molar-refractivity contribution in [1.82, 2.24) is 20.3 Å². The van der Waals surface area contributed by atoms with Gasteiger partial charge in [-0.05, 0) is 60.1 Å². The van der Waals surface area contributed by atoms with Gasteiger partial charge in [-0.2, -0.15) is 15.0 Å². The molecular formula is C33H48N8O4. The molecular weight excluding hydrogens is 572 g/mol. The average Bonchev–Trinajstić information content (AvgIpc) is 3.06. The first kappa shape index (κ1) is 33.9. The Morgan fingerprint density at radius 2 is 1.47 bits per heavy atom. The van der Waals surface area contributed by atoms with Gasteiger partial charge >= 0.3 is 0 Å². The Bertz CT molecular complexity index is 1280. The zero-order chi connectivity index (χ0) is 31.7. The number of nitrogens with one attached hydrogen (secondary N) is 4. The van der Waals surface area contributed by atoms with Crippen LogP contribution in [-0.4, -0.2) is 74.0 Å². The van der Waals surface area contributed by atoms with Crippen molar-refractivity contribution in [2.45, 2.75) is 45.6 Å². The molecule has 1 fully saturated rings. The first-order valence-electron chi connectivity index (χ1n) is 15.9. The molecule has 3 aromatic rings. The summed E-state index contributed by atoms with van der Waals surface area (Å²) < 4.78 is 16.0. The highest BCUT2D eigenvalue weighted by Crippen LogP contribution is 2.28. The number of carbonyl (C=O) groups excluding carboxylic acids is 1. The normalized spacial score (nSPS) is 16.2. The van der Waals surface area contributed by atoms with Crippen molar-refractivity contribution < 1.29 is 19.0 Å². The summed E-state index contributed by atoms with van der Waals surface area (Å²) in [4.78, 5) is 26.3. The van der Waals surface area contributed by atoms with Crippen molar-refractivity contribution in [3.63, 3.8) is 0 Å². The van der Waals surface area contributed by atoms with Gasteiger partial charge in [0.15, 0.2) is 0 Å². The van der Waals surface area contributed by atoms with Crippen LogP contribution in [0, 0.1) is 11.8 Å². The summed E-state index contributed by atoms with van der Waals surface area (Å²) in [6, 6.07) is 15.5. The highest BCUT2D eigenvalue weighted by atomic mass is 16.5. The molecule has 0 bridgehead atoms. The molecule has 0 spiro atoms. The number of aromatic nitrogens is 3. The Balaban J connectivity index is 1.31. The number of benzene rings is 2. The lowest BCUT2D eigenvalue weighted by molar-refractivity contribution is -0.120. The molecule has 6 N–H and O–H groups in total. The third-order valence-electron chi connectivity index (χ3n) is 7.71. The van der Waals surface area contributed by atoms with E-state index in [1.165, 1.54) is 25.7 Å². The quantitative estimate of drug-likeness (QED) is 0.123. The maximum Gasteiger partial charge on any atom is 0.233 e. The number of amides is 1. The van der Waals surface area contributed by atoms with Crippen molar-refractivity contribution in [2.24, 2.45) is 17.6 Å². The van der Waals surface area contributed by atoms with Crippen LogP contribution in [0.25, 0.3) is 0 Å². The van der Waals surface area contributed by atoms with E-state index in [9.17, 15) is 4.79 Å². The van der Waals surface area contributed by atoms with Crippen LogP contribution >= 0.6 is 0 Å². The van der Waals surface area contributed by atoms with E-state index in [-0.39, 0.29) is 12.3 Å². The second-order valence-electron chi connectivity index (χ2n) is 11.4. The van der Waals surface area contributed by atoms with Crippen LogP contribution in [-0.2, 0) is 27.2 Å². The van der Waals surface area contributed by atoms with E-state index in [2.05, 4.69) is 43.1 Å². The highest BCUT2D eigenvalue weighted by molar-refractivity contribution is 5.78. The van der Waals surface area contributed by atoms with Crippen LogP contribution in [0.15, 0.2) is 48.5 Å². The number of anilines is 4. The third-order valence-corrected chi connectivity index (χ3v) is 7.71. The van der Waals surface area contributed by atoms with Crippen LogP contribution < -0.4 is 31.7 Å². The molecule has 1 saturated carbocycles. The molecule has 0 atom stereocenters. The highest BCUT2D eigenvalue weighted by Gasteiger charge is 2.18. The molecule has 2 aromatic carbocycles. The molecule has 1 aliphatic carbocycles. The van der Waals surface area contributed by atoms with E-state index in [4.69, 9.17) is 19.9 Å². The van der Waals surface area contributed by atoms with Crippen LogP contribution in [0.5, 0.6) is 5.75 Å². The summed E-state index contributed by atoms with van der Waals surface area (Å²) in [5, 5.41) is 13.0. The summed E-state index contributed by atoms with van der Waals surface area (Å²) in [5.74, 6) is 3.61. The molecule has 1 amide bonds. The predicted molar refractivity (Wildman–Crippen MR) is 177 cm³/mol. The monoisotopic (exact) mass is 620 g/mol. The van der Waals surface area contributed by atoms with Crippen molar-refractivity contribution in [1.29, 1.82) is 0 Å². The van der Waals surface area contributed by atoms with Crippen molar-refractivity contribution in [3.8, 4) is 5.75 Å². The summed E-state index contributed by atoms with van der Waals surface area (Å²) in [7, 11) is 1.65. The van der Waals surface area contributed by atoms with Gasteiger partial charge in [-0.1, -0.05) is 44.0 Å². The first-order chi connectivity index (χ1) is 22.0. The van der Waals surface area contributed by atoms with Crippen LogP contribution in [0.1, 0.15) is 43.7 Å². The summed E-state index contributed by atoms with van der Waals surface area (Å²) >= 11 is 0. The van der Waals surface area contributed by atoms with Gasteiger partial charge in [0.2, 0.25) is 23.8 Å². The third kappa shape index (κ3) is 12.5. The SMILES string of the molecule is COc1ccc(CNc2nc(NCC3CCC(C)CC3)nc(Nc3ccc(CC(=O)NCCOCCOCCN)cc3)n2)cc1. The number of methoxy groups -OCH3 is 1. The maximum atomic E-state index is 12.4.